The van der Waals surface area contributed by atoms with Crippen LogP contribution in [0.2, 0.25) is 0 Å². The monoisotopic (exact) mass is 477 g/mol. The van der Waals surface area contributed by atoms with E-state index in [1.54, 1.807) is 0 Å². The first-order valence-corrected chi connectivity index (χ1v) is 10.1. The van der Waals surface area contributed by atoms with Crippen molar-refractivity contribution in [2.24, 2.45) is 7.05 Å². The highest BCUT2D eigenvalue weighted by Gasteiger charge is 2.38. The van der Waals surface area contributed by atoms with Gasteiger partial charge in [-0.25, -0.2) is 18.4 Å². The standard InChI is InChI=1S/C22H16F5N5O2/c1-32-20-13(18(31-32)12-7-14(22(25,26)27)17(24)19(33)16(12)23)8-28-21(30-20)29-11-6-10-4-2-3-5-15(10)34-9-11/h2-5,7-8,11,33H,6,9H2,1H3,(H,28,29,30)/t11-/m0/s1. The smallest absolute Gasteiger partial charge is 0.419 e. The number of aromatic hydroxyl groups is 1. The Morgan fingerprint density at radius 1 is 1.18 bits per heavy atom. The Labute approximate surface area is 188 Å². The van der Waals surface area contributed by atoms with Gasteiger partial charge in [0.15, 0.2) is 23.0 Å². The highest BCUT2D eigenvalue weighted by Crippen LogP contribution is 2.41. The maximum Gasteiger partial charge on any atom is 0.419 e. The summed E-state index contributed by atoms with van der Waals surface area (Å²) in [5, 5.41) is 17.0. The lowest BCUT2D eigenvalue weighted by molar-refractivity contribution is -0.140. The molecule has 0 spiro atoms. The van der Waals surface area contributed by atoms with E-state index in [1.165, 1.54) is 17.9 Å². The van der Waals surface area contributed by atoms with Crippen molar-refractivity contribution >= 4 is 17.0 Å². The number of alkyl halides is 3. The molecule has 0 unspecified atom stereocenters. The normalized spacial score (nSPS) is 15.8. The minimum atomic E-state index is -5.15. The topological polar surface area (TPSA) is 85.1 Å². The van der Waals surface area contributed by atoms with E-state index in [0.717, 1.165) is 11.3 Å². The second-order valence-corrected chi connectivity index (χ2v) is 7.81. The van der Waals surface area contributed by atoms with Crippen LogP contribution in [0.4, 0.5) is 27.9 Å². The van der Waals surface area contributed by atoms with Crippen molar-refractivity contribution in [3.8, 4) is 22.8 Å². The van der Waals surface area contributed by atoms with E-state index in [1.807, 2.05) is 24.3 Å². The van der Waals surface area contributed by atoms with Gasteiger partial charge in [-0.2, -0.15) is 23.3 Å². The number of rotatable bonds is 3. The molecule has 176 valence electrons. The van der Waals surface area contributed by atoms with Crippen molar-refractivity contribution in [2.75, 3.05) is 11.9 Å². The average Bonchev–Trinajstić information content (AvgIpc) is 3.12. The number of aryl methyl sites for hydroxylation is 1. The summed E-state index contributed by atoms with van der Waals surface area (Å²) in [6.07, 6.45) is -3.21. The minimum absolute atomic E-state index is 0.122. The zero-order valence-electron chi connectivity index (χ0n) is 17.5. The molecule has 2 N–H and O–H groups in total. The van der Waals surface area contributed by atoms with Crippen molar-refractivity contribution in [3.63, 3.8) is 0 Å². The van der Waals surface area contributed by atoms with E-state index in [2.05, 4.69) is 20.4 Å². The number of phenols is 1. The third-order valence-corrected chi connectivity index (χ3v) is 5.53. The molecular weight excluding hydrogens is 461 g/mol. The second kappa shape index (κ2) is 7.82. The largest absolute Gasteiger partial charge is 0.503 e. The number of benzene rings is 2. The van der Waals surface area contributed by atoms with E-state index in [4.69, 9.17) is 4.74 Å². The Hall–Kier alpha value is -3.96. The SMILES string of the molecule is Cn1nc(-c2cc(C(F)(F)F)c(F)c(O)c2F)c2cnc(N[C@@H]3COc4ccccc4C3)nc21. The van der Waals surface area contributed by atoms with Gasteiger partial charge in [-0.05, 0) is 24.1 Å². The van der Waals surface area contributed by atoms with E-state index < -0.39 is 34.7 Å². The first kappa shape index (κ1) is 21.9. The van der Waals surface area contributed by atoms with Crippen molar-refractivity contribution in [3.05, 3.63) is 59.3 Å². The highest BCUT2D eigenvalue weighted by atomic mass is 19.4. The van der Waals surface area contributed by atoms with Crippen LogP contribution in [-0.2, 0) is 19.6 Å². The molecule has 0 radical (unpaired) electrons. The fourth-order valence-electron chi connectivity index (χ4n) is 3.91. The Bertz CT molecular complexity index is 1420. The van der Waals surface area contributed by atoms with Crippen molar-refractivity contribution in [1.82, 2.24) is 19.7 Å². The number of para-hydroxylation sites is 1. The number of anilines is 1. The molecule has 1 aliphatic rings. The number of phenolic OH excluding ortho intramolecular Hbond substituents is 1. The molecule has 12 heteroatoms. The van der Waals surface area contributed by atoms with Gasteiger partial charge in [0.25, 0.3) is 0 Å². The van der Waals surface area contributed by atoms with Gasteiger partial charge in [-0.1, -0.05) is 18.2 Å². The predicted molar refractivity (Wildman–Crippen MR) is 111 cm³/mol. The molecule has 34 heavy (non-hydrogen) atoms. The maximum atomic E-state index is 14.6. The van der Waals surface area contributed by atoms with Crippen molar-refractivity contribution in [2.45, 2.75) is 18.6 Å². The van der Waals surface area contributed by atoms with Crippen molar-refractivity contribution < 1.29 is 31.8 Å². The molecule has 5 rings (SSSR count). The van der Waals surface area contributed by atoms with Crippen LogP contribution in [0, 0.1) is 11.6 Å². The van der Waals surface area contributed by atoms with Crippen LogP contribution in [0.1, 0.15) is 11.1 Å². The Morgan fingerprint density at radius 3 is 2.71 bits per heavy atom. The maximum absolute atomic E-state index is 14.6. The second-order valence-electron chi connectivity index (χ2n) is 7.81. The molecule has 2 aromatic carbocycles. The zero-order chi connectivity index (χ0) is 24.2. The summed E-state index contributed by atoms with van der Waals surface area (Å²) in [4.78, 5) is 8.54. The Morgan fingerprint density at radius 2 is 1.94 bits per heavy atom. The molecule has 4 aromatic rings. The third-order valence-electron chi connectivity index (χ3n) is 5.53. The number of hydrogen-bond donors (Lipinski definition) is 2. The molecule has 0 saturated carbocycles. The summed E-state index contributed by atoms with van der Waals surface area (Å²) in [5.74, 6) is -4.37. The average molecular weight is 477 g/mol. The van der Waals surface area contributed by atoms with Crippen LogP contribution < -0.4 is 10.1 Å². The quantitative estimate of drug-likeness (QED) is 0.425. The number of nitrogens with one attached hydrogen (secondary N) is 1. The lowest BCUT2D eigenvalue weighted by Gasteiger charge is -2.25. The number of halogens is 5. The van der Waals surface area contributed by atoms with Crippen LogP contribution >= 0.6 is 0 Å². The van der Waals surface area contributed by atoms with E-state index in [9.17, 15) is 27.1 Å². The molecule has 7 nitrogen and oxygen atoms in total. The first-order valence-electron chi connectivity index (χ1n) is 10.1. The first-order chi connectivity index (χ1) is 16.1. The predicted octanol–water partition coefficient (Wildman–Crippen LogP) is 4.45. The van der Waals surface area contributed by atoms with Gasteiger partial charge >= 0.3 is 6.18 Å². The van der Waals surface area contributed by atoms with Crippen LogP contribution in [0.3, 0.4) is 0 Å². The molecule has 0 saturated heterocycles. The van der Waals surface area contributed by atoms with E-state index in [-0.39, 0.29) is 34.8 Å². The number of fused-ring (bicyclic) bond motifs is 2. The lowest BCUT2D eigenvalue weighted by Crippen LogP contribution is -2.33. The summed E-state index contributed by atoms with van der Waals surface area (Å²) < 4.78 is 75.0. The zero-order valence-corrected chi connectivity index (χ0v) is 17.5. The van der Waals surface area contributed by atoms with Crippen LogP contribution in [0.15, 0.2) is 36.5 Å². The summed E-state index contributed by atoms with van der Waals surface area (Å²) >= 11 is 0. The highest BCUT2D eigenvalue weighted by molar-refractivity contribution is 5.91. The number of aromatic nitrogens is 4. The van der Waals surface area contributed by atoms with Crippen molar-refractivity contribution in [1.29, 1.82) is 0 Å². The van der Waals surface area contributed by atoms with Crippen LogP contribution in [-0.4, -0.2) is 37.5 Å². The molecule has 3 heterocycles. The van der Waals surface area contributed by atoms with Crippen LogP contribution in [0.25, 0.3) is 22.3 Å². The van der Waals surface area contributed by atoms with Crippen LogP contribution in [0.5, 0.6) is 11.5 Å². The summed E-state index contributed by atoms with van der Waals surface area (Å²) in [6, 6.07) is 7.74. The summed E-state index contributed by atoms with van der Waals surface area (Å²) in [6.45, 7) is 0.370. The third kappa shape index (κ3) is 3.64. The number of ether oxygens (including phenoxy) is 1. The summed E-state index contributed by atoms with van der Waals surface area (Å²) in [5.41, 5.74) is -1.59. The molecule has 0 fully saturated rings. The number of hydrogen-bond acceptors (Lipinski definition) is 6. The molecule has 2 aromatic heterocycles. The lowest BCUT2D eigenvalue weighted by atomic mass is 10.0. The number of nitrogens with zero attached hydrogens (tertiary/aromatic N) is 4. The summed E-state index contributed by atoms with van der Waals surface area (Å²) in [7, 11) is 1.47. The Balaban J connectivity index is 1.51. The minimum Gasteiger partial charge on any atom is -0.503 e. The molecule has 0 bridgehead atoms. The molecule has 0 aliphatic carbocycles. The van der Waals surface area contributed by atoms with Gasteiger partial charge in [-0.3, -0.25) is 0 Å². The van der Waals surface area contributed by atoms with Gasteiger partial charge < -0.3 is 15.2 Å². The van der Waals surface area contributed by atoms with Gasteiger partial charge in [-0.15, -0.1) is 0 Å². The van der Waals surface area contributed by atoms with Gasteiger partial charge in [0.05, 0.1) is 17.0 Å². The van der Waals surface area contributed by atoms with E-state index >= 15 is 0 Å². The van der Waals surface area contributed by atoms with Gasteiger partial charge in [0, 0.05) is 18.8 Å². The molecular formula is C22H16F5N5O2. The molecule has 1 atom stereocenters. The molecule has 0 amide bonds. The fourth-order valence-corrected chi connectivity index (χ4v) is 3.91. The van der Waals surface area contributed by atoms with E-state index in [0.29, 0.717) is 13.0 Å². The van der Waals surface area contributed by atoms with Gasteiger partial charge in [0.2, 0.25) is 5.95 Å². The fraction of sp³-hybridized carbons (Fsp3) is 0.227. The molecule has 1 aliphatic heterocycles. The Kier molecular flexibility index (Phi) is 5.03. The van der Waals surface area contributed by atoms with Gasteiger partial charge in [0.1, 0.15) is 18.1 Å².